The van der Waals surface area contributed by atoms with Crippen LogP contribution in [-0.4, -0.2) is 10.8 Å². The maximum absolute atomic E-state index is 11.4. The largest absolute Gasteiger partial charge is 0.300 e. The Kier molecular flexibility index (Phi) is 3.33. The second kappa shape index (κ2) is 5.12. The predicted octanol–water partition coefficient (Wildman–Crippen LogP) is 4.10. The van der Waals surface area contributed by atoms with Crippen molar-refractivity contribution in [2.24, 2.45) is 5.92 Å². The fourth-order valence-corrected chi connectivity index (χ4v) is 3.29. The summed E-state index contributed by atoms with van der Waals surface area (Å²) >= 11 is 0. The van der Waals surface area contributed by atoms with Gasteiger partial charge in [0, 0.05) is 17.5 Å². The normalized spacial score (nSPS) is 23.4. The lowest BCUT2D eigenvalue weighted by Gasteiger charge is -2.28. The Morgan fingerprint density at radius 2 is 1.89 bits per heavy atom. The number of benzene rings is 1. The van der Waals surface area contributed by atoms with E-state index in [1.807, 2.05) is 12.3 Å². The molecule has 2 heteroatoms. The first-order valence-corrected chi connectivity index (χ1v) is 7.10. The smallest absolute Gasteiger partial charge is 0.132 e. The number of Topliss-reactive ketones (excluding diaryl/α,β-unsaturated/α-hetero) is 1. The molecule has 1 fully saturated rings. The number of hydrogen-bond donors (Lipinski definition) is 0. The van der Waals surface area contributed by atoms with Gasteiger partial charge >= 0.3 is 0 Å². The van der Waals surface area contributed by atoms with E-state index in [4.69, 9.17) is 0 Å². The van der Waals surface area contributed by atoms with Crippen LogP contribution in [-0.2, 0) is 4.79 Å². The van der Waals surface area contributed by atoms with Gasteiger partial charge in [0.2, 0.25) is 0 Å². The molecule has 0 unspecified atom stereocenters. The Labute approximate surface area is 113 Å². The third-order valence-corrected chi connectivity index (χ3v) is 4.42. The molecule has 1 heterocycles. The average molecular weight is 253 g/mol. The van der Waals surface area contributed by atoms with Crippen LogP contribution in [0.2, 0.25) is 0 Å². The summed E-state index contributed by atoms with van der Waals surface area (Å²) in [6.07, 6.45) is 6.17. The van der Waals surface area contributed by atoms with E-state index >= 15 is 0 Å². The van der Waals surface area contributed by atoms with Gasteiger partial charge in [-0.1, -0.05) is 18.2 Å². The third-order valence-electron chi connectivity index (χ3n) is 4.42. The lowest BCUT2D eigenvalue weighted by molar-refractivity contribution is -0.121. The first kappa shape index (κ1) is 12.3. The molecule has 1 aliphatic carbocycles. The van der Waals surface area contributed by atoms with Crippen LogP contribution in [0, 0.1) is 5.92 Å². The van der Waals surface area contributed by atoms with Crippen LogP contribution in [0.1, 0.15) is 44.1 Å². The minimum Gasteiger partial charge on any atom is -0.300 e. The second-order valence-corrected chi connectivity index (χ2v) is 5.58. The lowest BCUT2D eigenvalue weighted by atomic mass is 9.76. The molecule has 0 amide bonds. The Bertz CT molecular complexity index is 592. The van der Waals surface area contributed by atoms with Crippen LogP contribution < -0.4 is 0 Å². The maximum atomic E-state index is 11.4. The monoisotopic (exact) mass is 253 g/mol. The van der Waals surface area contributed by atoms with Crippen molar-refractivity contribution in [2.45, 2.75) is 38.5 Å². The topological polar surface area (TPSA) is 30.0 Å². The summed E-state index contributed by atoms with van der Waals surface area (Å²) in [6, 6.07) is 10.6. The first-order valence-electron chi connectivity index (χ1n) is 7.10. The number of fused-ring (bicyclic) bond motifs is 1. The number of rotatable bonds is 2. The van der Waals surface area contributed by atoms with Gasteiger partial charge in [0.05, 0.1) is 5.52 Å². The molecule has 1 aromatic heterocycles. The first-order chi connectivity index (χ1) is 9.25. The second-order valence-electron chi connectivity index (χ2n) is 5.58. The highest BCUT2D eigenvalue weighted by Gasteiger charge is 2.25. The highest BCUT2D eigenvalue weighted by atomic mass is 16.1. The molecule has 0 N–H and O–H groups in total. The Balaban J connectivity index is 1.88. The van der Waals surface area contributed by atoms with Crippen LogP contribution in [0.3, 0.4) is 0 Å². The molecular weight excluding hydrogens is 234 g/mol. The molecule has 0 radical (unpaired) electrons. The van der Waals surface area contributed by atoms with Crippen LogP contribution in [0.5, 0.6) is 0 Å². The highest BCUT2D eigenvalue weighted by Crippen LogP contribution is 2.38. The molecule has 0 saturated heterocycles. The molecule has 1 aromatic carbocycles. The van der Waals surface area contributed by atoms with Crippen LogP contribution >= 0.6 is 0 Å². The van der Waals surface area contributed by atoms with E-state index in [9.17, 15) is 4.79 Å². The van der Waals surface area contributed by atoms with Crippen molar-refractivity contribution in [1.29, 1.82) is 0 Å². The van der Waals surface area contributed by atoms with Gasteiger partial charge in [-0.15, -0.1) is 0 Å². The molecule has 1 aliphatic rings. The highest BCUT2D eigenvalue weighted by molar-refractivity contribution is 5.82. The molecule has 0 spiro atoms. The SMILES string of the molecule is CC(=O)C1CCC(c2cccc3ncccc23)CC1. The van der Waals surface area contributed by atoms with Gasteiger partial charge in [0.25, 0.3) is 0 Å². The number of pyridine rings is 1. The molecule has 0 bridgehead atoms. The van der Waals surface area contributed by atoms with Crippen molar-refractivity contribution < 1.29 is 4.79 Å². The molecule has 0 aliphatic heterocycles. The summed E-state index contributed by atoms with van der Waals surface area (Å²) in [5.41, 5.74) is 2.49. The van der Waals surface area contributed by atoms with Crippen LogP contribution in [0.4, 0.5) is 0 Å². The number of ketones is 1. The van der Waals surface area contributed by atoms with Crippen molar-refractivity contribution in [3.05, 3.63) is 42.1 Å². The maximum Gasteiger partial charge on any atom is 0.132 e. The fraction of sp³-hybridized carbons (Fsp3) is 0.412. The van der Waals surface area contributed by atoms with Crippen molar-refractivity contribution in [2.75, 3.05) is 0 Å². The van der Waals surface area contributed by atoms with Crippen molar-refractivity contribution >= 4 is 16.7 Å². The predicted molar refractivity (Wildman–Crippen MR) is 77.1 cm³/mol. The number of carbonyl (C=O) groups is 1. The van der Waals surface area contributed by atoms with Crippen molar-refractivity contribution in [3.8, 4) is 0 Å². The molecule has 3 rings (SSSR count). The van der Waals surface area contributed by atoms with Gasteiger partial charge in [-0.25, -0.2) is 0 Å². The Morgan fingerprint density at radius 1 is 1.11 bits per heavy atom. The molecule has 19 heavy (non-hydrogen) atoms. The van der Waals surface area contributed by atoms with Crippen molar-refractivity contribution in [1.82, 2.24) is 4.98 Å². The Morgan fingerprint density at radius 3 is 2.63 bits per heavy atom. The molecule has 1 saturated carbocycles. The van der Waals surface area contributed by atoms with E-state index in [0.29, 0.717) is 17.6 Å². The fourth-order valence-electron chi connectivity index (χ4n) is 3.29. The van der Waals surface area contributed by atoms with Crippen LogP contribution in [0.15, 0.2) is 36.5 Å². The number of nitrogens with zero attached hydrogens (tertiary/aromatic N) is 1. The van der Waals surface area contributed by atoms with Gasteiger partial charge in [-0.05, 0) is 56.2 Å². The standard InChI is InChI=1S/C17H19NO/c1-12(19)13-7-9-14(10-8-13)15-4-2-6-17-16(15)5-3-11-18-17/h2-6,11,13-14H,7-10H2,1H3. The zero-order valence-electron chi connectivity index (χ0n) is 11.3. The summed E-state index contributed by atoms with van der Waals surface area (Å²) in [5.74, 6) is 1.24. The van der Waals surface area contributed by atoms with E-state index in [2.05, 4.69) is 29.2 Å². The average Bonchev–Trinajstić information content (AvgIpc) is 2.47. The van der Waals surface area contributed by atoms with Gasteiger partial charge < -0.3 is 0 Å². The minimum atomic E-state index is 0.296. The number of carbonyl (C=O) groups excluding carboxylic acids is 1. The molecule has 2 nitrogen and oxygen atoms in total. The quantitative estimate of drug-likeness (QED) is 0.806. The number of aromatic nitrogens is 1. The van der Waals surface area contributed by atoms with E-state index in [0.717, 1.165) is 31.2 Å². The van der Waals surface area contributed by atoms with E-state index in [1.54, 1.807) is 6.92 Å². The lowest BCUT2D eigenvalue weighted by Crippen LogP contribution is -2.19. The molecular formula is C17H19NO. The van der Waals surface area contributed by atoms with E-state index < -0.39 is 0 Å². The van der Waals surface area contributed by atoms with E-state index in [1.165, 1.54) is 10.9 Å². The van der Waals surface area contributed by atoms with Crippen molar-refractivity contribution in [3.63, 3.8) is 0 Å². The number of hydrogen-bond acceptors (Lipinski definition) is 2. The van der Waals surface area contributed by atoms with Crippen LogP contribution in [0.25, 0.3) is 10.9 Å². The van der Waals surface area contributed by atoms with E-state index in [-0.39, 0.29) is 0 Å². The van der Waals surface area contributed by atoms with Gasteiger partial charge in [-0.3, -0.25) is 9.78 Å². The van der Waals surface area contributed by atoms with Gasteiger partial charge in [0.15, 0.2) is 0 Å². The molecule has 0 atom stereocenters. The molecule has 98 valence electrons. The summed E-state index contributed by atoms with van der Waals surface area (Å²) in [5, 5.41) is 1.27. The Hall–Kier alpha value is -1.70. The molecule has 2 aromatic rings. The summed E-state index contributed by atoms with van der Waals surface area (Å²) in [6.45, 7) is 1.73. The third kappa shape index (κ3) is 2.40. The zero-order valence-corrected chi connectivity index (χ0v) is 11.3. The zero-order chi connectivity index (χ0) is 13.2. The summed E-state index contributed by atoms with van der Waals surface area (Å²) < 4.78 is 0. The minimum absolute atomic E-state index is 0.296. The summed E-state index contributed by atoms with van der Waals surface area (Å²) in [7, 11) is 0. The van der Waals surface area contributed by atoms with Gasteiger partial charge in [-0.2, -0.15) is 0 Å². The van der Waals surface area contributed by atoms with Gasteiger partial charge in [0.1, 0.15) is 5.78 Å². The summed E-state index contributed by atoms with van der Waals surface area (Å²) in [4.78, 5) is 15.9.